The monoisotopic (exact) mass is 306 g/mol. The maximum absolute atomic E-state index is 5.42. The number of nitrogens with two attached hydrogens (primary N) is 6. The molecule has 12 N–H and O–H groups in total. The predicted octanol–water partition coefficient (Wildman–Crippen LogP) is -3.28. The normalized spacial score (nSPS) is 10.9. The van der Waals surface area contributed by atoms with Crippen molar-refractivity contribution in [1.29, 1.82) is 0 Å². The van der Waals surface area contributed by atoms with Crippen LogP contribution in [0, 0.1) is 0 Å². The van der Waals surface area contributed by atoms with Gasteiger partial charge in [-0.25, -0.2) is 0 Å². The fourth-order valence-electron chi connectivity index (χ4n) is 1.90. The third-order valence-electron chi connectivity index (χ3n) is 2.91. The van der Waals surface area contributed by atoms with E-state index in [0.717, 1.165) is 52.2 Å². The third kappa shape index (κ3) is 17.6. The predicted molar refractivity (Wildman–Crippen MR) is 91.8 cm³/mol. The zero-order chi connectivity index (χ0) is 16.3. The van der Waals surface area contributed by atoms with E-state index in [2.05, 4.69) is 9.80 Å². The number of nitrogens with zero attached hydrogens (tertiary/aromatic N) is 2. The zero-order valence-electron chi connectivity index (χ0n) is 13.6. The molecular formula is C13H38N8. The highest BCUT2D eigenvalue weighted by Gasteiger charge is 2.00. The van der Waals surface area contributed by atoms with Gasteiger partial charge in [0.1, 0.15) is 0 Å². The van der Waals surface area contributed by atoms with Gasteiger partial charge in [0.2, 0.25) is 0 Å². The van der Waals surface area contributed by atoms with Crippen molar-refractivity contribution in [1.82, 2.24) is 9.80 Å². The lowest BCUT2D eigenvalue weighted by Crippen LogP contribution is -2.37. The molecule has 21 heavy (non-hydrogen) atoms. The van der Waals surface area contributed by atoms with Crippen molar-refractivity contribution in [3.8, 4) is 0 Å². The minimum Gasteiger partial charge on any atom is -0.330 e. The Balaban J connectivity index is 0. The van der Waals surface area contributed by atoms with Gasteiger partial charge < -0.3 is 39.3 Å². The maximum atomic E-state index is 5.42. The highest BCUT2D eigenvalue weighted by Crippen LogP contribution is 1.87. The summed E-state index contributed by atoms with van der Waals surface area (Å²) in [6, 6.07) is 0. The summed E-state index contributed by atoms with van der Waals surface area (Å²) in [6.45, 7) is 9.75. The first-order chi connectivity index (χ1) is 10.2. The van der Waals surface area contributed by atoms with Crippen LogP contribution in [0.15, 0.2) is 0 Å². The molecule has 0 saturated carbocycles. The molecule has 0 fully saturated rings. The van der Waals surface area contributed by atoms with Crippen LogP contribution in [0.4, 0.5) is 0 Å². The van der Waals surface area contributed by atoms with Gasteiger partial charge in [-0.15, -0.1) is 0 Å². The van der Waals surface area contributed by atoms with Crippen molar-refractivity contribution >= 4 is 0 Å². The van der Waals surface area contributed by atoms with E-state index in [1.54, 1.807) is 0 Å². The molecule has 0 saturated heterocycles. The van der Waals surface area contributed by atoms with Gasteiger partial charge in [-0.2, -0.15) is 0 Å². The Labute approximate surface area is 130 Å². The fourth-order valence-corrected chi connectivity index (χ4v) is 1.90. The van der Waals surface area contributed by atoms with Crippen LogP contribution in [0.5, 0.6) is 0 Å². The molecule has 0 aliphatic carbocycles. The van der Waals surface area contributed by atoms with Crippen LogP contribution >= 0.6 is 0 Å². The lowest BCUT2D eigenvalue weighted by Gasteiger charge is -2.19. The zero-order valence-corrected chi connectivity index (χ0v) is 13.6. The summed E-state index contributed by atoms with van der Waals surface area (Å²) >= 11 is 0. The molecule has 0 aromatic rings. The average molecular weight is 307 g/mol. The summed E-state index contributed by atoms with van der Waals surface area (Å²) in [4.78, 5) is 4.41. The molecular weight excluding hydrogens is 268 g/mol. The van der Waals surface area contributed by atoms with Crippen LogP contribution in [0.1, 0.15) is 6.42 Å². The summed E-state index contributed by atoms with van der Waals surface area (Å²) in [5, 5.41) is 0. The van der Waals surface area contributed by atoms with E-state index in [-0.39, 0.29) is 0 Å². The second-order valence-corrected chi connectivity index (χ2v) is 4.77. The molecule has 8 nitrogen and oxygen atoms in total. The highest BCUT2D eigenvalue weighted by atomic mass is 15.1. The molecule has 0 aliphatic heterocycles. The standard InChI is InChI=1S/C7H20N4.C6H18N4/c8-2-1-5-11(6-3-9)7-4-10;7-1-4-10(5-2-8)6-3-9/h1-10H2;1-9H2. The van der Waals surface area contributed by atoms with Crippen LogP contribution in [0.2, 0.25) is 0 Å². The molecule has 8 heteroatoms. The Hall–Kier alpha value is -0.320. The van der Waals surface area contributed by atoms with Gasteiger partial charge in [0.05, 0.1) is 0 Å². The Morgan fingerprint density at radius 2 is 0.667 bits per heavy atom. The molecule has 0 atom stereocenters. The van der Waals surface area contributed by atoms with Crippen molar-refractivity contribution in [3.63, 3.8) is 0 Å². The second kappa shape index (κ2) is 19.7. The van der Waals surface area contributed by atoms with Crippen molar-refractivity contribution in [2.45, 2.75) is 6.42 Å². The van der Waals surface area contributed by atoms with E-state index in [9.17, 15) is 0 Å². The largest absolute Gasteiger partial charge is 0.330 e. The number of rotatable bonds is 13. The van der Waals surface area contributed by atoms with E-state index in [1.807, 2.05) is 0 Å². The smallest absolute Gasteiger partial charge is 0.0106 e. The summed E-state index contributed by atoms with van der Waals surface area (Å²) < 4.78 is 0. The lowest BCUT2D eigenvalue weighted by atomic mass is 10.3. The summed E-state index contributed by atoms with van der Waals surface area (Å²) in [5.74, 6) is 0. The quantitative estimate of drug-likeness (QED) is 0.206. The maximum Gasteiger partial charge on any atom is 0.0106 e. The van der Waals surface area contributed by atoms with Crippen molar-refractivity contribution in [2.24, 2.45) is 34.4 Å². The molecule has 0 unspecified atom stereocenters. The number of hydrogen-bond donors (Lipinski definition) is 6. The van der Waals surface area contributed by atoms with Gasteiger partial charge in [-0.05, 0) is 19.5 Å². The molecule has 0 rings (SSSR count). The van der Waals surface area contributed by atoms with E-state index >= 15 is 0 Å². The van der Waals surface area contributed by atoms with Crippen LogP contribution in [-0.4, -0.2) is 88.3 Å². The molecule has 130 valence electrons. The Morgan fingerprint density at radius 3 is 0.905 bits per heavy atom. The molecule has 0 spiro atoms. The van der Waals surface area contributed by atoms with Crippen LogP contribution in [0.25, 0.3) is 0 Å². The first-order valence-corrected chi connectivity index (χ1v) is 7.85. The van der Waals surface area contributed by atoms with Gasteiger partial charge in [-0.3, -0.25) is 4.90 Å². The van der Waals surface area contributed by atoms with E-state index < -0.39 is 0 Å². The summed E-state index contributed by atoms with van der Waals surface area (Å²) in [7, 11) is 0. The molecule has 0 heterocycles. The van der Waals surface area contributed by atoms with E-state index in [4.69, 9.17) is 34.4 Å². The van der Waals surface area contributed by atoms with Gasteiger partial charge in [0.25, 0.3) is 0 Å². The SMILES string of the molecule is NCCCN(CCN)CCN.NCCN(CCN)CCN. The van der Waals surface area contributed by atoms with Crippen LogP contribution < -0.4 is 34.4 Å². The Bertz CT molecular complexity index is 161. The lowest BCUT2D eigenvalue weighted by molar-refractivity contribution is 0.287. The van der Waals surface area contributed by atoms with Gasteiger partial charge in [0.15, 0.2) is 0 Å². The fraction of sp³-hybridized carbons (Fsp3) is 1.00. The van der Waals surface area contributed by atoms with Gasteiger partial charge >= 0.3 is 0 Å². The van der Waals surface area contributed by atoms with Crippen molar-refractivity contribution < 1.29 is 0 Å². The van der Waals surface area contributed by atoms with Gasteiger partial charge in [-0.1, -0.05) is 0 Å². The van der Waals surface area contributed by atoms with Crippen LogP contribution in [-0.2, 0) is 0 Å². The molecule has 0 aromatic heterocycles. The first-order valence-electron chi connectivity index (χ1n) is 7.85. The second-order valence-electron chi connectivity index (χ2n) is 4.77. The Morgan fingerprint density at radius 1 is 0.381 bits per heavy atom. The van der Waals surface area contributed by atoms with Crippen LogP contribution in [0.3, 0.4) is 0 Å². The summed E-state index contributed by atoms with van der Waals surface area (Å²) in [6.07, 6.45) is 1.03. The Kier molecular flexibility index (Phi) is 21.5. The average Bonchev–Trinajstić information content (AvgIpc) is 2.47. The molecule has 0 aromatic carbocycles. The topological polar surface area (TPSA) is 163 Å². The third-order valence-corrected chi connectivity index (χ3v) is 2.91. The molecule has 0 amide bonds. The first kappa shape index (κ1) is 23.0. The minimum atomic E-state index is 0.681. The van der Waals surface area contributed by atoms with Crippen molar-refractivity contribution in [3.05, 3.63) is 0 Å². The number of hydrogen-bond acceptors (Lipinski definition) is 8. The van der Waals surface area contributed by atoms with E-state index in [0.29, 0.717) is 32.7 Å². The van der Waals surface area contributed by atoms with Crippen molar-refractivity contribution in [2.75, 3.05) is 78.5 Å². The van der Waals surface area contributed by atoms with E-state index in [1.165, 1.54) is 0 Å². The molecule has 0 bridgehead atoms. The molecule has 0 aliphatic rings. The summed E-state index contributed by atoms with van der Waals surface area (Å²) in [5.41, 5.74) is 32.3. The highest BCUT2D eigenvalue weighted by molar-refractivity contribution is 4.59. The molecule has 0 radical (unpaired) electrons. The van der Waals surface area contributed by atoms with Gasteiger partial charge in [0, 0.05) is 65.4 Å². The minimum absolute atomic E-state index is 0.681.